The van der Waals surface area contributed by atoms with E-state index in [0.717, 1.165) is 31.1 Å². The van der Waals surface area contributed by atoms with Crippen LogP contribution in [0.15, 0.2) is 29.5 Å². The summed E-state index contributed by atoms with van der Waals surface area (Å²) in [5.41, 5.74) is -0.370. The number of rotatable bonds is 6. The molecule has 0 bridgehead atoms. The van der Waals surface area contributed by atoms with Gasteiger partial charge in [0.05, 0.1) is 16.9 Å². The second kappa shape index (κ2) is 8.10. The van der Waals surface area contributed by atoms with Crippen molar-refractivity contribution in [2.24, 2.45) is 0 Å². The molecule has 3 aromatic rings. The number of pyridine rings is 1. The Kier molecular flexibility index (Phi) is 5.01. The maximum Gasteiger partial charge on any atom is 0.341 e. The molecule has 6 rings (SSSR count). The molecule has 182 valence electrons. The molecule has 3 N–H and O–H groups in total. The molecule has 1 saturated carbocycles. The van der Waals surface area contributed by atoms with E-state index in [1.165, 1.54) is 12.5 Å². The molecule has 1 aliphatic carbocycles. The van der Waals surface area contributed by atoms with Gasteiger partial charge in [0.15, 0.2) is 11.6 Å². The molecule has 2 aliphatic heterocycles. The van der Waals surface area contributed by atoms with Crippen LogP contribution >= 0.6 is 0 Å². The molecule has 0 spiro atoms. The van der Waals surface area contributed by atoms with E-state index >= 15 is 4.39 Å². The summed E-state index contributed by atoms with van der Waals surface area (Å²) in [4.78, 5) is 34.9. The largest absolute Gasteiger partial charge is 0.487 e. The number of nitrogens with one attached hydrogen (secondary N) is 2. The Morgan fingerprint density at radius 2 is 1.91 bits per heavy atom. The van der Waals surface area contributed by atoms with E-state index in [-0.39, 0.29) is 35.4 Å². The average Bonchev–Trinajstić information content (AvgIpc) is 3.52. The Morgan fingerprint density at radius 3 is 2.63 bits per heavy atom. The van der Waals surface area contributed by atoms with E-state index < -0.39 is 17.2 Å². The molecule has 1 aromatic carbocycles. The third-order valence-electron chi connectivity index (χ3n) is 6.83. The first-order valence-electron chi connectivity index (χ1n) is 11.8. The lowest BCUT2D eigenvalue weighted by Crippen LogP contribution is -2.30. The van der Waals surface area contributed by atoms with Crippen molar-refractivity contribution in [1.29, 1.82) is 0 Å². The van der Waals surface area contributed by atoms with Gasteiger partial charge >= 0.3 is 5.97 Å². The van der Waals surface area contributed by atoms with Crippen LogP contribution in [-0.4, -0.2) is 57.4 Å². The normalized spacial score (nSPS) is 21.1. The topological polar surface area (TPSA) is 122 Å². The number of ether oxygens (including phenoxy) is 1. The second-order valence-corrected chi connectivity index (χ2v) is 9.46. The lowest BCUT2D eigenvalue weighted by Gasteiger charge is -2.31. The van der Waals surface area contributed by atoms with Crippen molar-refractivity contribution < 1.29 is 19.0 Å². The standard InChI is InChI=1S/C24H25FN6O4/c1-12-10-35-23-20-15(22(32)16(24(33)34)9-31(12)20)6-17(25)21(23)30-5-4-14(8-30)29-19-7-18(26-11-27-19)28-13-2-3-13/h6-7,9,11-14H,2-5,8,10H2,1H3,(H,33,34)(H2,26,27,28,29)/t12-,14+/m0/s1. The van der Waals surface area contributed by atoms with E-state index in [0.29, 0.717) is 36.2 Å². The summed E-state index contributed by atoms with van der Waals surface area (Å²) in [5.74, 6) is -0.168. The van der Waals surface area contributed by atoms with Crippen LogP contribution in [-0.2, 0) is 0 Å². The van der Waals surface area contributed by atoms with Crippen molar-refractivity contribution in [3.63, 3.8) is 0 Å². The first kappa shape index (κ1) is 21.6. The highest BCUT2D eigenvalue weighted by Crippen LogP contribution is 2.43. The summed E-state index contributed by atoms with van der Waals surface area (Å²) < 4.78 is 23.1. The average molecular weight is 481 g/mol. The first-order chi connectivity index (χ1) is 16.9. The number of aromatic carboxylic acids is 1. The SMILES string of the molecule is C[C@H]1COc2c(N3CC[C@@H](Nc4cc(NC5CC5)ncn4)C3)c(F)cc3c(=O)c(C(=O)O)cn1c23. The van der Waals surface area contributed by atoms with Crippen LogP contribution < -0.4 is 25.7 Å². The molecule has 0 unspecified atom stereocenters. The molecule has 3 aliphatic rings. The van der Waals surface area contributed by atoms with Crippen LogP contribution in [0, 0.1) is 5.82 Å². The van der Waals surface area contributed by atoms with Gasteiger partial charge in [-0.2, -0.15) is 0 Å². The van der Waals surface area contributed by atoms with Gasteiger partial charge in [0, 0.05) is 37.4 Å². The number of anilines is 3. The Morgan fingerprint density at radius 1 is 1.17 bits per heavy atom. The Labute approximate surface area is 199 Å². The molecule has 11 heteroatoms. The van der Waals surface area contributed by atoms with Gasteiger partial charge in [-0.1, -0.05) is 0 Å². The number of hydrogen-bond acceptors (Lipinski definition) is 8. The summed E-state index contributed by atoms with van der Waals surface area (Å²) >= 11 is 0. The van der Waals surface area contributed by atoms with Gasteiger partial charge in [-0.3, -0.25) is 4.79 Å². The number of carbonyl (C=O) groups is 1. The lowest BCUT2D eigenvalue weighted by atomic mass is 10.1. The molecule has 10 nitrogen and oxygen atoms in total. The Hall–Kier alpha value is -3.89. The van der Waals surface area contributed by atoms with Crippen molar-refractivity contribution in [3.05, 3.63) is 46.3 Å². The third kappa shape index (κ3) is 3.80. The van der Waals surface area contributed by atoms with Gasteiger partial charge < -0.3 is 29.9 Å². The molecular weight excluding hydrogens is 455 g/mol. The van der Waals surface area contributed by atoms with E-state index in [1.54, 1.807) is 4.57 Å². The predicted molar refractivity (Wildman–Crippen MR) is 128 cm³/mol. The maximum atomic E-state index is 15.5. The third-order valence-corrected chi connectivity index (χ3v) is 6.83. The molecule has 2 aromatic heterocycles. The molecule has 35 heavy (non-hydrogen) atoms. The minimum absolute atomic E-state index is 0.0123. The van der Waals surface area contributed by atoms with Gasteiger partial charge in [0.25, 0.3) is 0 Å². The van der Waals surface area contributed by atoms with Gasteiger partial charge in [-0.15, -0.1) is 0 Å². The predicted octanol–water partition coefficient (Wildman–Crippen LogP) is 2.85. The maximum absolute atomic E-state index is 15.5. The monoisotopic (exact) mass is 480 g/mol. The van der Waals surface area contributed by atoms with Crippen LogP contribution in [0.1, 0.15) is 42.6 Å². The number of halogens is 1. The minimum atomic E-state index is -1.33. The molecule has 2 fully saturated rings. The van der Waals surface area contributed by atoms with Crippen molar-refractivity contribution in [2.75, 3.05) is 35.2 Å². The van der Waals surface area contributed by atoms with Gasteiger partial charge in [0.1, 0.15) is 35.8 Å². The molecular formula is C24H25FN6O4. The van der Waals surface area contributed by atoms with Crippen molar-refractivity contribution >= 4 is 34.2 Å². The van der Waals surface area contributed by atoms with Crippen molar-refractivity contribution in [3.8, 4) is 5.75 Å². The van der Waals surface area contributed by atoms with Crippen LogP contribution in [0.5, 0.6) is 5.75 Å². The van der Waals surface area contributed by atoms with Crippen LogP contribution in [0.2, 0.25) is 0 Å². The van der Waals surface area contributed by atoms with Gasteiger partial charge in [-0.25, -0.2) is 19.2 Å². The van der Waals surface area contributed by atoms with Crippen molar-refractivity contribution in [1.82, 2.24) is 14.5 Å². The smallest absolute Gasteiger partial charge is 0.341 e. The van der Waals surface area contributed by atoms with Gasteiger partial charge in [0.2, 0.25) is 5.43 Å². The zero-order valence-electron chi connectivity index (χ0n) is 19.1. The number of aromatic nitrogens is 3. The summed E-state index contributed by atoms with van der Waals surface area (Å²) in [5, 5.41) is 16.2. The van der Waals surface area contributed by atoms with Crippen LogP contribution in [0.25, 0.3) is 10.9 Å². The fourth-order valence-corrected chi connectivity index (χ4v) is 4.90. The number of benzene rings is 1. The second-order valence-electron chi connectivity index (χ2n) is 9.46. The van der Waals surface area contributed by atoms with E-state index in [2.05, 4.69) is 20.6 Å². The minimum Gasteiger partial charge on any atom is -0.487 e. The zero-order valence-corrected chi connectivity index (χ0v) is 19.1. The highest BCUT2D eigenvalue weighted by molar-refractivity contribution is 5.97. The highest BCUT2D eigenvalue weighted by Gasteiger charge is 2.33. The Balaban J connectivity index is 1.32. The number of carboxylic acids is 1. The summed E-state index contributed by atoms with van der Waals surface area (Å²) in [6, 6.07) is 3.33. The lowest BCUT2D eigenvalue weighted by molar-refractivity contribution is 0.0694. The Bertz CT molecular complexity index is 1410. The van der Waals surface area contributed by atoms with E-state index in [9.17, 15) is 14.7 Å². The number of nitrogens with zero attached hydrogens (tertiary/aromatic N) is 4. The fraction of sp³-hybridized carbons (Fsp3) is 0.417. The summed E-state index contributed by atoms with van der Waals surface area (Å²) in [6.07, 6.45) is 5.91. The molecule has 0 amide bonds. The van der Waals surface area contributed by atoms with Crippen molar-refractivity contribution in [2.45, 2.75) is 44.3 Å². The molecule has 1 saturated heterocycles. The number of hydrogen-bond donors (Lipinski definition) is 3. The summed E-state index contributed by atoms with van der Waals surface area (Å²) in [6.45, 7) is 3.21. The quantitative estimate of drug-likeness (QED) is 0.489. The highest BCUT2D eigenvalue weighted by atomic mass is 19.1. The van der Waals surface area contributed by atoms with Gasteiger partial charge in [-0.05, 0) is 32.3 Å². The van der Waals surface area contributed by atoms with Crippen LogP contribution in [0.4, 0.5) is 21.7 Å². The number of carboxylic acid groups (broad SMARTS) is 1. The first-order valence-corrected chi connectivity index (χ1v) is 11.8. The van der Waals surface area contributed by atoms with E-state index in [4.69, 9.17) is 4.74 Å². The zero-order chi connectivity index (χ0) is 24.3. The van der Waals surface area contributed by atoms with E-state index in [1.807, 2.05) is 17.9 Å². The molecule has 0 radical (unpaired) electrons. The van der Waals surface area contributed by atoms with Crippen LogP contribution in [0.3, 0.4) is 0 Å². The molecule has 2 atom stereocenters. The molecule has 4 heterocycles. The summed E-state index contributed by atoms with van der Waals surface area (Å²) in [7, 11) is 0. The fourth-order valence-electron chi connectivity index (χ4n) is 4.90.